The molecule has 100 valence electrons. The van der Waals surface area contributed by atoms with Gasteiger partial charge in [0.25, 0.3) is 0 Å². The average Bonchev–Trinajstić information content (AvgIpc) is 3.12. The Morgan fingerprint density at radius 1 is 1.33 bits per heavy atom. The van der Waals surface area contributed by atoms with Crippen LogP contribution in [-0.4, -0.2) is 27.6 Å². The Hall–Kier alpha value is -1.59. The summed E-state index contributed by atoms with van der Waals surface area (Å²) in [7, 11) is 0. The molecule has 1 aromatic rings. The van der Waals surface area contributed by atoms with Crippen molar-refractivity contribution in [2.24, 2.45) is 5.92 Å². The van der Waals surface area contributed by atoms with Gasteiger partial charge in [-0.25, -0.2) is 0 Å². The number of hydrogen-bond donors (Lipinski definition) is 2. The number of nitrogen functional groups attached to an aromatic ring is 1. The summed E-state index contributed by atoms with van der Waals surface area (Å²) in [6, 6.07) is 0.683. The maximum atomic E-state index is 5.64. The molecule has 0 saturated heterocycles. The number of rotatable bonds is 7. The van der Waals surface area contributed by atoms with E-state index in [1.165, 1.54) is 19.3 Å². The van der Waals surface area contributed by atoms with Gasteiger partial charge >= 0.3 is 6.01 Å². The fourth-order valence-electron chi connectivity index (χ4n) is 1.90. The van der Waals surface area contributed by atoms with Crippen LogP contribution < -0.4 is 15.8 Å². The second kappa shape index (κ2) is 5.84. The third-order valence-corrected chi connectivity index (χ3v) is 3.05. The van der Waals surface area contributed by atoms with E-state index in [4.69, 9.17) is 10.5 Å². The molecule has 6 heteroatoms. The van der Waals surface area contributed by atoms with Crippen LogP contribution in [0.2, 0.25) is 0 Å². The second-order valence-electron chi connectivity index (χ2n) is 4.66. The Kier molecular flexibility index (Phi) is 4.17. The number of hydrogen-bond acceptors (Lipinski definition) is 6. The van der Waals surface area contributed by atoms with Crippen molar-refractivity contribution in [3.8, 4) is 6.01 Å². The zero-order valence-electron chi connectivity index (χ0n) is 11.0. The molecule has 1 atom stereocenters. The third-order valence-electron chi connectivity index (χ3n) is 3.05. The molecule has 1 heterocycles. The van der Waals surface area contributed by atoms with Gasteiger partial charge in [-0.2, -0.15) is 15.0 Å². The van der Waals surface area contributed by atoms with Gasteiger partial charge in [0.15, 0.2) is 0 Å². The van der Waals surface area contributed by atoms with Crippen LogP contribution >= 0.6 is 0 Å². The fourth-order valence-corrected chi connectivity index (χ4v) is 1.90. The van der Waals surface area contributed by atoms with Gasteiger partial charge in [0.1, 0.15) is 0 Å². The monoisotopic (exact) mass is 251 g/mol. The number of aromatic nitrogens is 3. The topological polar surface area (TPSA) is 86.0 Å². The Labute approximate surface area is 107 Å². The van der Waals surface area contributed by atoms with E-state index in [9.17, 15) is 0 Å². The highest BCUT2D eigenvalue weighted by Gasteiger charge is 2.25. The maximum absolute atomic E-state index is 5.64. The van der Waals surface area contributed by atoms with E-state index in [0.29, 0.717) is 18.6 Å². The Balaban J connectivity index is 2.01. The highest BCUT2D eigenvalue weighted by molar-refractivity contribution is 5.33. The van der Waals surface area contributed by atoms with Gasteiger partial charge in [-0.15, -0.1) is 0 Å². The van der Waals surface area contributed by atoms with Crippen molar-refractivity contribution < 1.29 is 4.74 Å². The molecule has 1 saturated carbocycles. The highest BCUT2D eigenvalue weighted by Crippen LogP contribution is 2.34. The van der Waals surface area contributed by atoms with Gasteiger partial charge in [0.2, 0.25) is 11.9 Å². The van der Waals surface area contributed by atoms with Crippen LogP contribution in [-0.2, 0) is 0 Å². The van der Waals surface area contributed by atoms with Crippen molar-refractivity contribution in [3.63, 3.8) is 0 Å². The van der Waals surface area contributed by atoms with Gasteiger partial charge < -0.3 is 15.8 Å². The predicted molar refractivity (Wildman–Crippen MR) is 70.5 cm³/mol. The molecule has 6 nitrogen and oxygen atoms in total. The van der Waals surface area contributed by atoms with Crippen molar-refractivity contribution >= 4 is 11.9 Å². The first-order valence-corrected chi connectivity index (χ1v) is 6.62. The molecule has 1 unspecified atom stereocenters. The van der Waals surface area contributed by atoms with Crippen molar-refractivity contribution in [2.45, 2.75) is 45.6 Å². The van der Waals surface area contributed by atoms with Gasteiger partial charge in [-0.3, -0.25) is 0 Å². The van der Waals surface area contributed by atoms with E-state index in [0.717, 1.165) is 12.3 Å². The SMILES string of the molecule is CCOc1nc(N)nc(NC(CC)CC2CC2)n1. The molecule has 0 aromatic carbocycles. The molecule has 1 fully saturated rings. The summed E-state index contributed by atoms with van der Waals surface area (Å²) < 4.78 is 5.25. The van der Waals surface area contributed by atoms with Crippen LogP contribution in [0.3, 0.4) is 0 Å². The highest BCUT2D eigenvalue weighted by atomic mass is 16.5. The van der Waals surface area contributed by atoms with E-state index in [2.05, 4.69) is 27.2 Å². The number of anilines is 2. The van der Waals surface area contributed by atoms with Crippen molar-refractivity contribution in [3.05, 3.63) is 0 Å². The van der Waals surface area contributed by atoms with Crippen LogP contribution in [0.5, 0.6) is 6.01 Å². The van der Waals surface area contributed by atoms with Crippen molar-refractivity contribution in [1.29, 1.82) is 0 Å². The summed E-state index contributed by atoms with van der Waals surface area (Å²) in [4.78, 5) is 12.2. The summed E-state index contributed by atoms with van der Waals surface area (Å²) in [5.41, 5.74) is 5.64. The summed E-state index contributed by atoms with van der Waals surface area (Å²) in [6.07, 6.45) is 4.92. The van der Waals surface area contributed by atoms with Crippen LogP contribution in [0.4, 0.5) is 11.9 Å². The van der Waals surface area contributed by atoms with Gasteiger partial charge in [0, 0.05) is 6.04 Å². The lowest BCUT2D eigenvalue weighted by atomic mass is 10.1. The number of nitrogens with two attached hydrogens (primary N) is 1. The average molecular weight is 251 g/mol. The number of nitrogens with zero attached hydrogens (tertiary/aromatic N) is 3. The molecular formula is C12H21N5O. The summed E-state index contributed by atoms with van der Waals surface area (Å²) >= 11 is 0. The third kappa shape index (κ3) is 3.72. The minimum atomic E-state index is 0.192. The Morgan fingerprint density at radius 2 is 2.11 bits per heavy atom. The molecule has 1 aliphatic rings. The van der Waals surface area contributed by atoms with Gasteiger partial charge in [-0.05, 0) is 25.7 Å². The summed E-state index contributed by atoms with van der Waals surface area (Å²) in [5, 5.41) is 3.32. The van der Waals surface area contributed by atoms with Crippen molar-refractivity contribution in [2.75, 3.05) is 17.7 Å². The van der Waals surface area contributed by atoms with E-state index in [-0.39, 0.29) is 12.0 Å². The van der Waals surface area contributed by atoms with E-state index >= 15 is 0 Å². The van der Waals surface area contributed by atoms with E-state index in [1.54, 1.807) is 0 Å². The fraction of sp³-hybridized carbons (Fsp3) is 0.750. The number of ether oxygens (including phenoxy) is 1. The molecule has 1 aliphatic carbocycles. The lowest BCUT2D eigenvalue weighted by molar-refractivity contribution is 0.312. The molecule has 18 heavy (non-hydrogen) atoms. The van der Waals surface area contributed by atoms with Crippen LogP contribution in [0, 0.1) is 5.92 Å². The normalized spacial score (nSPS) is 16.3. The zero-order valence-corrected chi connectivity index (χ0v) is 11.0. The molecule has 0 bridgehead atoms. The molecular weight excluding hydrogens is 230 g/mol. The molecule has 1 aromatic heterocycles. The molecule has 3 N–H and O–H groups in total. The minimum Gasteiger partial charge on any atom is -0.464 e. The first-order valence-electron chi connectivity index (χ1n) is 6.62. The maximum Gasteiger partial charge on any atom is 0.323 e. The molecule has 0 amide bonds. The lowest BCUT2D eigenvalue weighted by Gasteiger charge is -2.16. The molecule has 0 radical (unpaired) electrons. The van der Waals surface area contributed by atoms with Crippen molar-refractivity contribution in [1.82, 2.24) is 15.0 Å². The Morgan fingerprint density at radius 3 is 2.72 bits per heavy atom. The van der Waals surface area contributed by atoms with Crippen LogP contribution in [0.1, 0.15) is 39.5 Å². The standard InChI is InChI=1S/C12H21N5O/c1-3-9(7-8-5-6-8)14-11-15-10(13)16-12(17-11)18-4-2/h8-9H,3-7H2,1-2H3,(H3,13,14,15,16,17). The smallest absolute Gasteiger partial charge is 0.323 e. The molecule has 0 spiro atoms. The molecule has 0 aliphatic heterocycles. The predicted octanol–water partition coefficient (Wildman–Crippen LogP) is 1.84. The van der Waals surface area contributed by atoms with Crippen LogP contribution in [0.25, 0.3) is 0 Å². The number of nitrogens with one attached hydrogen (secondary N) is 1. The largest absolute Gasteiger partial charge is 0.464 e. The first kappa shape index (κ1) is 12.9. The second-order valence-corrected chi connectivity index (χ2v) is 4.66. The summed E-state index contributed by atoms with van der Waals surface area (Å²) in [5.74, 6) is 1.57. The molecule has 2 rings (SSSR count). The minimum absolute atomic E-state index is 0.192. The quantitative estimate of drug-likeness (QED) is 0.769. The Bertz CT molecular complexity index is 394. The lowest BCUT2D eigenvalue weighted by Crippen LogP contribution is -2.21. The van der Waals surface area contributed by atoms with Gasteiger partial charge in [0.05, 0.1) is 6.61 Å². The zero-order chi connectivity index (χ0) is 13.0. The van der Waals surface area contributed by atoms with Gasteiger partial charge in [-0.1, -0.05) is 19.8 Å². The van der Waals surface area contributed by atoms with E-state index in [1.807, 2.05) is 6.92 Å². The summed E-state index contributed by atoms with van der Waals surface area (Å²) in [6.45, 7) is 4.56. The van der Waals surface area contributed by atoms with Crippen LogP contribution in [0.15, 0.2) is 0 Å². The first-order chi connectivity index (χ1) is 8.71. The van der Waals surface area contributed by atoms with E-state index < -0.39 is 0 Å².